The van der Waals surface area contributed by atoms with Gasteiger partial charge in [0.2, 0.25) is 5.91 Å². The van der Waals surface area contributed by atoms with Gasteiger partial charge in [-0.25, -0.2) is 4.79 Å². The van der Waals surface area contributed by atoms with Crippen molar-refractivity contribution in [3.05, 3.63) is 64.3 Å². The molecule has 1 amide bonds. The smallest absolute Gasteiger partial charge is 0.417 e. The van der Waals surface area contributed by atoms with Gasteiger partial charge in [-0.15, -0.1) is 0 Å². The van der Waals surface area contributed by atoms with E-state index in [1.54, 1.807) is 24.1 Å². The molecule has 6 nitrogen and oxygen atoms in total. The third kappa shape index (κ3) is 3.82. The Labute approximate surface area is 144 Å². The summed E-state index contributed by atoms with van der Waals surface area (Å²) in [6.07, 6.45) is 1.36. The summed E-state index contributed by atoms with van der Waals surface area (Å²) in [6, 6.07) is 4.01. The van der Waals surface area contributed by atoms with E-state index in [4.69, 9.17) is 4.42 Å². The Morgan fingerprint density at radius 1 is 1.31 bits per heavy atom. The molecule has 0 aliphatic carbocycles. The number of carbonyl (C=O) groups is 1. The maximum absolute atomic E-state index is 13.0. The Morgan fingerprint density at radius 3 is 2.73 bits per heavy atom. The number of benzene rings is 1. The van der Waals surface area contributed by atoms with E-state index in [2.05, 4.69) is 10.4 Å². The second-order valence-corrected chi connectivity index (χ2v) is 5.46. The average molecular weight is 363 g/mol. The van der Waals surface area contributed by atoms with Crippen LogP contribution in [0.15, 0.2) is 51.9 Å². The van der Waals surface area contributed by atoms with Crippen LogP contribution in [-0.4, -0.2) is 15.7 Å². The Hall–Kier alpha value is -3.36. The van der Waals surface area contributed by atoms with Gasteiger partial charge < -0.3 is 9.73 Å². The molecule has 9 heteroatoms. The lowest BCUT2D eigenvalue weighted by atomic mass is 10.1. The number of nitrogens with one attached hydrogen (secondary N) is 1. The highest BCUT2D eigenvalue weighted by Crippen LogP contribution is 2.34. The van der Waals surface area contributed by atoms with Gasteiger partial charge in [0.25, 0.3) is 0 Å². The summed E-state index contributed by atoms with van der Waals surface area (Å²) in [5, 5.41) is 6.18. The number of hydrogen-bond donors (Lipinski definition) is 1. The number of nitrogens with zero attached hydrogens (tertiary/aromatic N) is 2. The molecule has 26 heavy (non-hydrogen) atoms. The first-order valence-corrected chi connectivity index (χ1v) is 7.35. The van der Waals surface area contributed by atoms with Crippen molar-refractivity contribution >= 4 is 28.6 Å². The monoisotopic (exact) mass is 363 g/mol. The minimum absolute atomic E-state index is 0.195. The van der Waals surface area contributed by atoms with E-state index in [0.717, 1.165) is 6.07 Å². The standard InChI is InChI=1S/C17H12F3N3O3/c1-23-9-10(8-21-23)2-5-15(24)22-11-3-4-12-13(17(18,19)20)7-16(25)26-14(12)6-11/h2-9H,1H3,(H,22,24)/b5-2-. The zero-order valence-electron chi connectivity index (χ0n) is 13.4. The molecule has 0 saturated heterocycles. The lowest BCUT2D eigenvalue weighted by Crippen LogP contribution is -2.11. The summed E-state index contributed by atoms with van der Waals surface area (Å²) >= 11 is 0. The minimum atomic E-state index is -4.69. The van der Waals surface area contributed by atoms with Crippen LogP contribution in [0.5, 0.6) is 0 Å². The van der Waals surface area contributed by atoms with Crippen molar-refractivity contribution in [2.75, 3.05) is 5.32 Å². The fourth-order valence-corrected chi connectivity index (χ4v) is 2.36. The quantitative estimate of drug-likeness (QED) is 0.573. The molecule has 0 bridgehead atoms. The summed E-state index contributed by atoms with van der Waals surface area (Å²) < 4.78 is 45.4. The summed E-state index contributed by atoms with van der Waals surface area (Å²) in [7, 11) is 1.73. The molecule has 2 aromatic heterocycles. The van der Waals surface area contributed by atoms with Crippen molar-refractivity contribution in [3.63, 3.8) is 0 Å². The van der Waals surface area contributed by atoms with Crippen molar-refractivity contribution in [1.29, 1.82) is 0 Å². The number of carbonyl (C=O) groups excluding carboxylic acids is 1. The average Bonchev–Trinajstić information content (AvgIpc) is 2.96. The van der Waals surface area contributed by atoms with Crippen LogP contribution in [-0.2, 0) is 18.0 Å². The molecule has 134 valence electrons. The highest BCUT2D eigenvalue weighted by Gasteiger charge is 2.33. The van der Waals surface area contributed by atoms with E-state index in [1.807, 2.05) is 0 Å². The summed E-state index contributed by atoms with van der Waals surface area (Å²) in [6.45, 7) is 0. The molecule has 3 aromatic rings. The molecule has 1 aromatic carbocycles. The van der Waals surface area contributed by atoms with Gasteiger partial charge in [0.05, 0.1) is 11.8 Å². The molecule has 0 aliphatic heterocycles. The third-order valence-electron chi connectivity index (χ3n) is 3.47. The van der Waals surface area contributed by atoms with E-state index in [1.165, 1.54) is 24.3 Å². The SMILES string of the molecule is Cn1cc(/C=C\C(=O)Nc2ccc3c(C(F)(F)F)cc(=O)oc3c2)cn1. The number of amides is 1. The van der Waals surface area contributed by atoms with Crippen LogP contribution < -0.4 is 10.9 Å². The molecule has 0 radical (unpaired) electrons. The first-order valence-electron chi connectivity index (χ1n) is 7.35. The van der Waals surface area contributed by atoms with Gasteiger partial charge >= 0.3 is 11.8 Å². The zero-order chi connectivity index (χ0) is 18.9. The van der Waals surface area contributed by atoms with Crippen LogP contribution >= 0.6 is 0 Å². The Morgan fingerprint density at radius 2 is 2.08 bits per heavy atom. The molecular weight excluding hydrogens is 351 g/mol. The van der Waals surface area contributed by atoms with Gasteiger partial charge in [0.1, 0.15) is 5.58 Å². The van der Waals surface area contributed by atoms with E-state index in [0.29, 0.717) is 11.6 Å². The first-order chi connectivity index (χ1) is 12.2. The van der Waals surface area contributed by atoms with Crippen molar-refractivity contribution in [1.82, 2.24) is 9.78 Å². The van der Waals surface area contributed by atoms with Crippen LogP contribution in [0.25, 0.3) is 17.0 Å². The second kappa shape index (κ2) is 6.51. The van der Waals surface area contributed by atoms with Gasteiger partial charge in [-0.2, -0.15) is 18.3 Å². The molecule has 0 saturated carbocycles. The van der Waals surface area contributed by atoms with Gasteiger partial charge in [-0.1, -0.05) is 0 Å². The van der Waals surface area contributed by atoms with Crippen molar-refractivity contribution in [2.24, 2.45) is 7.05 Å². The van der Waals surface area contributed by atoms with Crippen LogP contribution in [0.1, 0.15) is 11.1 Å². The van der Waals surface area contributed by atoms with E-state index in [-0.39, 0.29) is 16.7 Å². The largest absolute Gasteiger partial charge is 0.423 e. The lowest BCUT2D eigenvalue weighted by molar-refractivity contribution is -0.136. The highest BCUT2D eigenvalue weighted by atomic mass is 19.4. The topological polar surface area (TPSA) is 77.1 Å². The molecule has 0 spiro atoms. The van der Waals surface area contributed by atoms with Crippen LogP contribution in [0, 0.1) is 0 Å². The predicted octanol–water partition coefficient (Wildman–Crippen LogP) is 3.20. The zero-order valence-corrected chi connectivity index (χ0v) is 13.4. The second-order valence-electron chi connectivity index (χ2n) is 5.46. The molecule has 0 aliphatic rings. The number of halogens is 3. The Kier molecular flexibility index (Phi) is 4.37. The molecule has 0 fully saturated rings. The summed E-state index contributed by atoms with van der Waals surface area (Å²) in [5.74, 6) is -0.498. The third-order valence-corrected chi connectivity index (χ3v) is 3.47. The normalized spacial score (nSPS) is 12.0. The Bertz CT molecular complexity index is 1060. The summed E-state index contributed by atoms with van der Waals surface area (Å²) in [5.41, 5.74) is -1.57. The lowest BCUT2D eigenvalue weighted by Gasteiger charge is -2.10. The van der Waals surface area contributed by atoms with E-state index < -0.39 is 23.3 Å². The van der Waals surface area contributed by atoms with Crippen LogP contribution in [0.4, 0.5) is 18.9 Å². The first kappa shape index (κ1) is 17.5. The minimum Gasteiger partial charge on any atom is -0.423 e. The molecule has 1 N–H and O–H groups in total. The molecular formula is C17H12F3N3O3. The van der Waals surface area contributed by atoms with E-state index in [9.17, 15) is 22.8 Å². The number of aryl methyl sites for hydroxylation is 1. The van der Waals surface area contributed by atoms with Crippen molar-refractivity contribution in [2.45, 2.75) is 6.18 Å². The van der Waals surface area contributed by atoms with Crippen molar-refractivity contribution < 1.29 is 22.4 Å². The van der Waals surface area contributed by atoms with Gasteiger partial charge in [0.15, 0.2) is 0 Å². The van der Waals surface area contributed by atoms with Gasteiger partial charge in [0, 0.05) is 48.1 Å². The van der Waals surface area contributed by atoms with Crippen LogP contribution in [0.2, 0.25) is 0 Å². The maximum Gasteiger partial charge on any atom is 0.417 e. The number of rotatable bonds is 3. The Balaban J connectivity index is 1.86. The number of alkyl halides is 3. The fourth-order valence-electron chi connectivity index (χ4n) is 2.36. The summed E-state index contributed by atoms with van der Waals surface area (Å²) in [4.78, 5) is 23.3. The molecule has 2 heterocycles. The fraction of sp³-hybridized carbons (Fsp3) is 0.118. The number of hydrogen-bond acceptors (Lipinski definition) is 4. The predicted molar refractivity (Wildman–Crippen MR) is 88.4 cm³/mol. The number of anilines is 1. The van der Waals surface area contributed by atoms with E-state index >= 15 is 0 Å². The van der Waals surface area contributed by atoms with Crippen molar-refractivity contribution in [3.8, 4) is 0 Å². The molecule has 0 unspecified atom stereocenters. The molecule has 3 rings (SSSR count). The van der Waals surface area contributed by atoms with Gasteiger partial charge in [-0.05, 0) is 18.2 Å². The number of aromatic nitrogens is 2. The molecule has 0 atom stereocenters. The van der Waals surface area contributed by atoms with Gasteiger partial charge in [-0.3, -0.25) is 9.48 Å². The maximum atomic E-state index is 13.0. The highest BCUT2D eigenvalue weighted by molar-refractivity contribution is 6.02. The number of fused-ring (bicyclic) bond motifs is 1. The van der Waals surface area contributed by atoms with Crippen LogP contribution in [0.3, 0.4) is 0 Å².